The number of carbonyl (C=O) groups excluding carboxylic acids is 2. The molecule has 22 heavy (non-hydrogen) atoms. The van der Waals surface area contributed by atoms with Gasteiger partial charge in [0.05, 0.1) is 6.61 Å². The first-order valence-electron chi connectivity index (χ1n) is 8.37. The molecular formula is C17H28N2O3. The first-order valence-corrected chi connectivity index (χ1v) is 8.37. The summed E-state index contributed by atoms with van der Waals surface area (Å²) in [4.78, 5) is 27.9. The zero-order chi connectivity index (χ0) is 16.0. The SMILES string of the molecule is C=CC[C@]1(CO)CCCN(C(=O)CCN2CCCCC2=O)C1. The van der Waals surface area contributed by atoms with Crippen molar-refractivity contribution in [2.75, 3.05) is 32.8 Å². The summed E-state index contributed by atoms with van der Waals surface area (Å²) in [6.07, 6.45) is 7.43. The highest BCUT2D eigenvalue weighted by molar-refractivity contribution is 5.79. The Kier molecular flexibility index (Phi) is 6.00. The van der Waals surface area contributed by atoms with E-state index in [0.29, 0.717) is 25.9 Å². The maximum atomic E-state index is 12.4. The second-order valence-electron chi connectivity index (χ2n) is 6.66. The van der Waals surface area contributed by atoms with E-state index in [9.17, 15) is 14.7 Å². The normalized spacial score (nSPS) is 26.1. The van der Waals surface area contributed by atoms with Crippen LogP contribution in [0, 0.1) is 5.41 Å². The lowest BCUT2D eigenvalue weighted by molar-refractivity contribution is -0.138. The van der Waals surface area contributed by atoms with Crippen LogP contribution in [0.4, 0.5) is 0 Å². The summed E-state index contributed by atoms with van der Waals surface area (Å²) >= 11 is 0. The van der Waals surface area contributed by atoms with Crippen molar-refractivity contribution < 1.29 is 14.7 Å². The molecule has 2 amide bonds. The Bertz CT molecular complexity index is 424. The minimum atomic E-state index is -0.226. The molecule has 0 aromatic carbocycles. The number of nitrogens with zero attached hydrogens (tertiary/aromatic N) is 2. The molecule has 2 aliphatic heterocycles. The van der Waals surface area contributed by atoms with Crippen molar-refractivity contribution in [2.45, 2.75) is 44.9 Å². The number of piperidine rings is 2. The van der Waals surface area contributed by atoms with Crippen LogP contribution in [0.3, 0.4) is 0 Å². The zero-order valence-corrected chi connectivity index (χ0v) is 13.4. The average molecular weight is 308 g/mol. The van der Waals surface area contributed by atoms with Crippen LogP contribution >= 0.6 is 0 Å². The monoisotopic (exact) mass is 308 g/mol. The van der Waals surface area contributed by atoms with Gasteiger partial charge in [-0.05, 0) is 32.1 Å². The smallest absolute Gasteiger partial charge is 0.224 e. The Labute approximate surface area is 133 Å². The summed E-state index contributed by atoms with van der Waals surface area (Å²) in [5.41, 5.74) is -0.226. The first kappa shape index (κ1) is 17.0. The molecule has 0 aliphatic carbocycles. The van der Waals surface area contributed by atoms with Crippen LogP contribution in [-0.2, 0) is 9.59 Å². The second kappa shape index (κ2) is 7.77. The topological polar surface area (TPSA) is 60.9 Å². The molecule has 1 atom stereocenters. The van der Waals surface area contributed by atoms with Gasteiger partial charge in [-0.3, -0.25) is 9.59 Å². The Hall–Kier alpha value is -1.36. The standard InChI is InChI=1S/C17H28N2O3/c1-2-8-17(14-20)9-5-11-19(13-17)16(22)7-12-18-10-4-3-6-15(18)21/h2,20H,1,3-14H2/t17-/m0/s1. The summed E-state index contributed by atoms with van der Waals surface area (Å²) < 4.78 is 0. The number of aliphatic hydroxyl groups excluding tert-OH is 1. The maximum absolute atomic E-state index is 12.4. The van der Waals surface area contributed by atoms with Crippen LogP contribution in [0.15, 0.2) is 12.7 Å². The van der Waals surface area contributed by atoms with E-state index >= 15 is 0 Å². The molecule has 5 heteroatoms. The van der Waals surface area contributed by atoms with E-state index in [2.05, 4.69) is 6.58 Å². The van der Waals surface area contributed by atoms with Crippen LogP contribution in [0.25, 0.3) is 0 Å². The molecule has 0 unspecified atom stereocenters. The van der Waals surface area contributed by atoms with E-state index in [1.54, 1.807) is 0 Å². The summed E-state index contributed by atoms with van der Waals surface area (Å²) in [7, 11) is 0. The molecule has 2 saturated heterocycles. The van der Waals surface area contributed by atoms with E-state index in [0.717, 1.165) is 45.2 Å². The van der Waals surface area contributed by atoms with Gasteiger partial charge in [0.1, 0.15) is 0 Å². The van der Waals surface area contributed by atoms with Gasteiger partial charge in [-0.15, -0.1) is 6.58 Å². The van der Waals surface area contributed by atoms with Crippen molar-refractivity contribution in [1.82, 2.24) is 9.80 Å². The third-order valence-electron chi connectivity index (χ3n) is 4.94. The van der Waals surface area contributed by atoms with E-state index in [4.69, 9.17) is 0 Å². The lowest BCUT2D eigenvalue weighted by Crippen LogP contribution is -2.48. The summed E-state index contributed by atoms with van der Waals surface area (Å²) in [5.74, 6) is 0.272. The van der Waals surface area contributed by atoms with Gasteiger partial charge in [-0.25, -0.2) is 0 Å². The summed E-state index contributed by atoms with van der Waals surface area (Å²) in [5, 5.41) is 9.70. The number of rotatable bonds is 6. The van der Waals surface area contributed by atoms with Crippen LogP contribution in [0.1, 0.15) is 44.9 Å². The van der Waals surface area contributed by atoms with E-state index < -0.39 is 0 Å². The highest BCUT2D eigenvalue weighted by atomic mass is 16.3. The van der Waals surface area contributed by atoms with Crippen LogP contribution < -0.4 is 0 Å². The Morgan fingerprint density at radius 1 is 1.32 bits per heavy atom. The number of likely N-dealkylation sites (tertiary alicyclic amines) is 2. The molecule has 2 fully saturated rings. The molecule has 2 heterocycles. The van der Waals surface area contributed by atoms with E-state index in [1.807, 2.05) is 15.9 Å². The number of aliphatic hydroxyl groups is 1. The molecule has 5 nitrogen and oxygen atoms in total. The molecule has 0 aromatic heterocycles. The van der Waals surface area contributed by atoms with Gasteiger partial charge in [0.2, 0.25) is 11.8 Å². The highest BCUT2D eigenvalue weighted by Crippen LogP contribution is 2.33. The van der Waals surface area contributed by atoms with Gasteiger partial charge in [-0.1, -0.05) is 6.08 Å². The molecule has 2 aliphatic rings. The van der Waals surface area contributed by atoms with Gasteiger partial charge in [0.25, 0.3) is 0 Å². The number of hydrogen-bond acceptors (Lipinski definition) is 3. The van der Waals surface area contributed by atoms with Gasteiger partial charge < -0.3 is 14.9 Å². The minimum absolute atomic E-state index is 0.0907. The fourth-order valence-electron chi connectivity index (χ4n) is 3.57. The Morgan fingerprint density at radius 2 is 2.14 bits per heavy atom. The number of amides is 2. The van der Waals surface area contributed by atoms with Crippen molar-refractivity contribution in [2.24, 2.45) is 5.41 Å². The van der Waals surface area contributed by atoms with Crippen molar-refractivity contribution >= 4 is 11.8 Å². The number of carbonyl (C=O) groups is 2. The molecular weight excluding hydrogens is 280 g/mol. The lowest BCUT2D eigenvalue weighted by Gasteiger charge is -2.41. The van der Waals surface area contributed by atoms with Crippen molar-refractivity contribution in [3.05, 3.63) is 12.7 Å². The van der Waals surface area contributed by atoms with Crippen molar-refractivity contribution in [3.8, 4) is 0 Å². The third-order valence-corrected chi connectivity index (χ3v) is 4.94. The number of hydrogen-bond donors (Lipinski definition) is 1. The molecule has 0 saturated carbocycles. The van der Waals surface area contributed by atoms with Crippen LogP contribution in [0.2, 0.25) is 0 Å². The Morgan fingerprint density at radius 3 is 2.82 bits per heavy atom. The molecule has 0 spiro atoms. The maximum Gasteiger partial charge on any atom is 0.224 e. The molecule has 2 rings (SSSR count). The van der Waals surface area contributed by atoms with Gasteiger partial charge in [0.15, 0.2) is 0 Å². The zero-order valence-electron chi connectivity index (χ0n) is 13.4. The molecule has 124 valence electrons. The van der Waals surface area contributed by atoms with Gasteiger partial charge in [-0.2, -0.15) is 0 Å². The predicted molar refractivity (Wildman–Crippen MR) is 85.2 cm³/mol. The van der Waals surface area contributed by atoms with E-state index in [1.165, 1.54) is 0 Å². The molecule has 1 N–H and O–H groups in total. The Balaban J connectivity index is 1.86. The van der Waals surface area contributed by atoms with E-state index in [-0.39, 0.29) is 23.8 Å². The van der Waals surface area contributed by atoms with Gasteiger partial charge in [0, 0.05) is 44.4 Å². The van der Waals surface area contributed by atoms with Crippen LogP contribution in [0.5, 0.6) is 0 Å². The highest BCUT2D eigenvalue weighted by Gasteiger charge is 2.35. The van der Waals surface area contributed by atoms with Crippen molar-refractivity contribution in [1.29, 1.82) is 0 Å². The van der Waals surface area contributed by atoms with Gasteiger partial charge >= 0.3 is 0 Å². The first-order chi connectivity index (χ1) is 10.6. The lowest BCUT2D eigenvalue weighted by atomic mass is 9.78. The predicted octanol–water partition coefficient (Wildman–Crippen LogP) is 1.57. The quantitative estimate of drug-likeness (QED) is 0.758. The largest absolute Gasteiger partial charge is 0.396 e. The fraction of sp³-hybridized carbons (Fsp3) is 0.765. The third kappa shape index (κ3) is 4.09. The summed E-state index contributed by atoms with van der Waals surface area (Å²) in [6, 6.07) is 0. The molecule has 0 aromatic rings. The molecule has 0 bridgehead atoms. The number of allylic oxidation sites excluding steroid dienone is 1. The summed E-state index contributed by atoms with van der Waals surface area (Å²) in [6.45, 7) is 6.52. The van der Waals surface area contributed by atoms with Crippen LogP contribution in [-0.4, -0.2) is 59.5 Å². The average Bonchev–Trinajstić information content (AvgIpc) is 2.54. The molecule has 0 radical (unpaired) electrons. The minimum Gasteiger partial charge on any atom is -0.396 e. The van der Waals surface area contributed by atoms with Crippen molar-refractivity contribution in [3.63, 3.8) is 0 Å². The fourth-order valence-corrected chi connectivity index (χ4v) is 3.57. The second-order valence-corrected chi connectivity index (χ2v) is 6.66.